The number of rotatable bonds is 6. The Hall–Kier alpha value is -1.84. The number of hydrogen-bond donors (Lipinski definition) is 0. The first kappa shape index (κ1) is 20.5. The normalized spacial score (nSPS) is 12.2. The molecule has 0 aliphatic rings. The molecule has 2 rings (SSSR count). The number of benzene rings is 1. The zero-order chi connectivity index (χ0) is 19.5. The topological polar surface area (TPSA) is 59.5 Å². The summed E-state index contributed by atoms with van der Waals surface area (Å²) in [6.45, 7) is 4.30. The summed E-state index contributed by atoms with van der Waals surface area (Å²) in [6, 6.07) is 6.31. The molecular weight excluding hydrogens is 393 g/mol. The predicted molar refractivity (Wildman–Crippen MR) is 91.3 cm³/mol. The van der Waals surface area contributed by atoms with E-state index >= 15 is 0 Å². The molecule has 0 saturated carbocycles. The fourth-order valence-electron chi connectivity index (χ4n) is 2.09. The Bertz CT molecular complexity index is 889. The maximum Gasteiger partial charge on any atom is 0.416 e. The van der Waals surface area contributed by atoms with Crippen molar-refractivity contribution in [2.75, 3.05) is 10.4 Å². The molecule has 0 saturated heterocycles. The Kier molecular flexibility index (Phi) is 6.15. The van der Waals surface area contributed by atoms with Gasteiger partial charge in [-0.3, -0.25) is 0 Å². The van der Waals surface area contributed by atoms with Gasteiger partial charge in [-0.2, -0.15) is 25.4 Å². The number of sulfonamides is 1. The molecular formula is C16H16ClF3N2O3S. The summed E-state index contributed by atoms with van der Waals surface area (Å²) in [5.41, 5.74) is 0.165. The van der Waals surface area contributed by atoms with Gasteiger partial charge in [-0.05, 0) is 43.7 Å². The Morgan fingerprint density at radius 2 is 1.92 bits per heavy atom. The molecule has 5 nitrogen and oxygen atoms in total. The fraction of sp³-hybridized carbons (Fsp3) is 0.312. The number of hydrogen-bond acceptors (Lipinski definition) is 4. The highest BCUT2D eigenvalue weighted by Crippen LogP contribution is 2.32. The molecule has 0 spiro atoms. The number of pyridine rings is 1. The van der Waals surface area contributed by atoms with Crippen molar-refractivity contribution in [3.63, 3.8) is 0 Å². The van der Waals surface area contributed by atoms with E-state index in [1.54, 1.807) is 13.0 Å². The molecule has 2 aromatic rings. The van der Waals surface area contributed by atoms with Crippen LogP contribution in [-0.4, -0.2) is 20.0 Å². The molecule has 0 radical (unpaired) electrons. The molecule has 0 N–H and O–H groups in total. The lowest BCUT2D eigenvalue weighted by Gasteiger charge is -2.17. The highest BCUT2D eigenvalue weighted by atomic mass is 35.5. The van der Waals surface area contributed by atoms with Crippen LogP contribution >= 0.6 is 11.8 Å². The Labute approximate surface area is 154 Å². The summed E-state index contributed by atoms with van der Waals surface area (Å²) in [7, 11) is -4.42. The highest BCUT2D eigenvalue weighted by Gasteiger charge is 2.33. The van der Waals surface area contributed by atoms with Crippen LogP contribution in [0.1, 0.15) is 23.7 Å². The third kappa shape index (κ3) is 4.46. The monoisotopic (exact) mass is 408 g/mol. The van der Waals surface area contributed by atoms with E-state index in [2.05, 4.69) is 4.98 Å². The molecule has 0 amide bonds. The highest BCUT2D eigenvalue weighted by molar-refractivity contribution is 7.94. The van der Waals surface area contributed by atoms with Crippen molar-refractivity contribution in [1.82, 2.24) is 4.98 Å². The van der Waals surface area contributed by atoms with Crippen molar-refractivity contribution < 1.29 is 26.3 Å². The number of aromatic nitrogens is 1. The molecule has 10 heteroatoms. The Morgan fingerprint density at radius 3 is 2.50 bits per heavy atom. The van der Waals surface area contributed by atoms with Crippen LogP contribution < -0.4 is 3.82 Å². The first-order valence-electron chi connectivity index (χ1n) is 7.50. The molecule has 142 valence electrons. The summed E-state index contributed by atoms with van der Waals surface area (Å²) < 4.78 is 69.1. The zero-order valence-corrected chi connectivity index (χ0v) is 15.5. The van der Waals surface area contributed by atoms with Crippen LogP contribution in [0.4, 0.5) is 19.0 Å². The van der Waals surface area contributed by atoms with Gasteiger partial charge in [0.1, 0.15) is 0 Å². The lowest BCUT2D eigenvalue weighted by Crippen LogP contribution is -2.23. The molecule has 26 heavy (non-hydrogen) atoms. The lowest BCUT2D eigenvalue weighted by molar-refractivity contribution is -0.137. The van der Waals surface area contributed by atoms with Gasteiger partial charge >= 0.3 is 6.18 Å². The van der Waals surface area contributed by atoms with Crippen molar-refractivity contribution >= 4 is 27.6 Å². The molecule has 0 bridgehead atoms. The van der Waals surface area contributed by atoms with Gasteiger partial charge in [0.25, 0.3) is 10.0 Å². The maximum absolute atomic E-state index is 12.8. The van der Waals surface area contributed by atoms with Crippen molar-refractivity contribution in [3.8, 4) is 0 Å². The number of nitrogens with zero attached hydrogens (tertiary/aromatic N) is 2. The van der Waals surface area contributed by atoms with Gasteiger partial charge in [-0.25, -0.2) is 4.98 Å². The van der Waals surface area contributed by atoms with Gasteiger partial charge in [0.05, 0.1) is 17.1 Å². The van der Waals surface area contributed by atoms with Crippen molar-refractivity contribution in [2.24, 2.45) is 0 Å². The molecule has 0 aliphatic heterocycles. The van der Waals surface area contributed by atoms with Gasteiger partial charge in [0, 0.05) is 24.1 Å². The standard InChI is InChI=1S/C16H16ClF3N2O3S/c1-3-25-10-12-7-8-15(21-11(12)2)22(17)26(23,24)14-6-4-5-13(9-14)16(18,19)20/h4-9H,3,10H2,1-2H3. The van der Waals surface area contributed by atoms with E-state index in [1.807, 2.05) is 6.92 Å². The summed E-state index contributed by atoms with van der Waals surface area (Å²) in [5, 5.41) is 0. The number of aryl methyl sites for hydroxylation is 1. The second-order valence-corrected chi connectivity index (χ2v) is 7.62. The number of ether oxygens (including phenoxy) is 1. The van der Waals surface area contributed by atoms with Gasteiger partial charge < -0.3 is 4.74 Å². The van der Waals surface area contributed by atoms with Crippen LogP contribution in [0.2, 0.25) is 0 Å². The molecule has 0 aliphatic carbocycles. The fourth-order valence-corrected chi connectivity index (χ4v) is 3.48. The van der Waals surface area contributed by atoms with Gasteiger partial charge in [-0.15, -0.1) is 0 Å². The van der Waals surface area contributed by atoms with Gasteiger partial charge in [0.2, 0.25) is 0 Å². The first-order chi connectivity index (χ1) is 12.1. The number of anilines is 1. The molecule has 1 heterocycles. The van der Waals surface area contributed by atoms with Crippen LogP contribution in [0.3, 0.4) is 0 Å². The lowest BCUT2D eigenvalue weighted by atomic mass is 10.2. The average molecular weight is 409 g/mol. The second-order valence-electron chi connectivity index (χ2n) is 5.30. The van der Waals surface area contributed by atoms with Crippen molar-refractivity contribution in [3.05, 3.63) is 53.2 Å². The molecule has 0 fully saturated rings. The van der Waals surface area contributed by atoms with E-state index in [-0.39, 0.29) is 5.82 Å². The summed E-state index contributed by atoms with van der Waals surface area (Å²) >= 11 is 5.90. The largest absolute Gasteiger partial charge is 0.416 e. The zero-order valence-electron chi connectivity index (χ0n) is 13.9. The van der Waals surface area contributed by atoms with Gasteiger partial charge in [0.15, 0.2) is 5.82 Å². The minimum Gasteiger partial charge on any atom is -0.377 e. The minimum atomic E-state index is -4.67. The third-order valence-electron chi connectivity index (χ3n) is 3.49. The second kappa shape index (κ2) is 7.81. The van der Waals surface area contributed by atoms with Crippen LogP contribution in [0.15, 0.2) is 41.3 Å². The molecule has 1 aromatic carbocycles. The van der Waals surface area contributed by atoms with E-state index < -0.39 is 26.7 Å². The molecule has 0 unspecified atom stereocenters. The SMILES string of the molecule is CCOCc1ccc(N(Cl)S(=O)(=O)c2cccc(C(F)(F)F)c2)nc1C. The van der Waals surface area contributed by atoms with Crippen LogP contribution in [0.25, 0.3) is 0 Å². The molecule has 0 atom stereocenters. The van der Waals surface area contributed by atoms with E-state index in [9.17, 15) is 21.6 Å². The summed E-state index contributed by atoms with van der Waals surface area (Å²) in [5.74, 6) is -0.123. The van der Waals surface area contributed by atoms with E-state index in [0.717, 1.165) is 23.8 Å². The minimum absolute atomic E-state index is 0.123. The number of halogens is 4. The van der Waals surface area contributed by atoms with Crippen molar-refractivity contribution in [2.45, 2.75) is 31.5 Å². The number of alkyl halides is 3. The van der Waals surface area contributed by atoms with E-state index in [1.165, 1.54) is 6.07 Å². The van der Waals surface area contributed by atoms with Crippen LogP contribution in [0.5, 0.6) is 0 Å². The average Bonchev–Trinajstić information content (AvgIpc) is 2.59. The van der Waals surface area contributed by atoms with Gasteiger partial charge in [-0.1, -0.05) is 12.1 Å². The summed E-state index contributed by atoms with van der Waals surface area (Å²) in [6.07, 6.45) is -4.67. The van der Waals surface area contributed by atoms with E-state index in [0.29, 0.717) is 28.8 Å². The first-order valence-corrected chi connectivity index (χ1v) is 9.28. The van der Waals surface area contributed by atoms with Crippen LogP contribution in [-0.2, 0) is 27.5 Å². The quantitative estimate of drug-likeness (QED) is 0.669. The predicted octanol–water partition coefficient (Wildman–Crippen LogP) is 4.29. The maximum atomic E-state index is 12.8. The van der Waals surface area contributed by atoms with E-state index in [4.69, 9.17) is 16.5 Å². The van der Waals surface area contributed by atoms with Crippen molar-refractivity contribution in [1.29, 1.82) is 0 Å². The molecule has 1 aromatic heterocycles. The summed E-state index contributed by atoms with van der Waals surface area (Å²) in [4.78, 5) is 3.52. The Balaban J connectivity index is 2.36. The third-order valence-corrected chi connectivity index (χ3v) is 5.67. The van der Waals surface area contributed by atoms with Crippen LogP contribution in [0, 0.1) is 6.92 Å². The smallest absolute Gasteiger partial charge is 0.377 e. The Morgan fingerprint density at radius 1 is 1.23 bits per heavy atom.